The van der Waals surface area contributed by atoms with Gasteiger partial charge in [-0.15, -0.1) is 0 Å². The largest absolute Gasteiger partial charge is 0.390 e. The highest BCUT2D eigenvalue weighted by molar-refractivity contribution is 9.11. The van der Waals surface area contributed by atoms with Crippen LogP contribution in [0.3, 0.4) is 0 Å². The van der Waals surface area contributed by atoms with E-state index in [0.717, 1.165) is 61.0 Å². The number of rotatable bonds is 5. The summed E-state index contributed by atoms with van der Waals surface area (Å²) in [6.45, 7) is 4.93. The number of fused-ring (bicyclic) bond motifs is 3. The van der Waals surface area contributed by atoms with Crippen LogP contribution in [0, 0.1) is 0 Å². The van der Waals surface area contributed by atoms with E-state index in [4.69, 9.17) is 11.6 Å². The van der Waals surface area contributed by atoms with Gasteiger partial charge in [-0.3, -0.25) is 4.90 Å². The highest BCUT2D eigenvalue weighted by Gasteiger charge is 2.22. The Bertz CT molecular complexity index is 1300. The van der Waals surface area contributed by atoms with Gasteiger partial charge in [0, 0.05) is 73.1 Å². The van der Waals surface area contributed by atoms with E-state index in [1.807, 2.05) is 12.1 Å². The number of halogens is 4. The number of hydrogen-bond acceptors (Lipinski definition) is 3. The molecule has 0 aliphatic carbocycles. The van der Waals surface area contributed by atoms with E-state index in [1.165, 1.54) is 11.1 Å². The minimum absolute atomic E-state index is 0.468. The van der Waals surface area contributed by atoms with Crippen LogP contribution in [0.25, 0.3) is 21.8 Å². The number of benzene rings is 3. The normalized spacial score (nSPS) is 16.1. The van der Waals surface area contributed by atoms with Gasteiger partial charge >= 0.3 is 0 Å². The molecule has 4 aromatic rings. The molecular formula is C25H23Br3ClN3O. The minimum atomic E-state index is -0.468. The van der Waals surface area contributed by atoms with Crippen molar-refractivity contribution in [3.63, 3.8) is 0 Å². The Labute approximate surface area is 223 Å². The minimum Gasteiger partial charge on any atom is -0.390 e. The number of β-amino-alcohol motifs (C(OH)–C–C–N with tert-alkyl or cyclic N) is 1. The highest BCUT2D eigenvalue weighted by atomic mass is 79.9. The maximum atomic E-state index is 11.1. The van der Waals surface area contributed by atoms with Crippen LogP contribution in [0.2, 0.25) is 5.02 Å². The van der Waals surface area contributed by atoms with Crippen molar-refractivity contribution in [3.05, 3.63) is 73.0 Å². The number of aliphatic hydroxyl groups excluding tert-OH is 1. The van der Waals surface area contributed by atoms with Crippen molar-refractivity contribution in [1.82, 2.24) is 9.47 Å². The number of aliphatic hydroxyl groups is 1. The third-order valence-electron chi connectivity index (χ3n) is 6.26. The maximum absolute atomic E-state index is 11.1. The molecule has 0 spiro atoms. The average Bonchev–Trinajstić information content (AvgIpc) is 3.07. The molecule has 0 radical (unpaired) electrons. The quantitative estimate of drug-likeness (QED) is 0.253. The molecule has 0 amide bonds. The predicted molar refractivity (Wildman–Crippen MR) is 149 cm³/mol. The van der Waals surface area contributed by atoms with E-state index in [0.29, 0.717) is 13.1 Å². The fourth-order valence-corrected chi connectivity index (χ4v) is 6.65. The molecule has 8 heteroatoms. The lowest BCUT2D eigenvalue weighted by Crippen LogP contribution is -2.49. The first-order valence-corrected chi connectivity index (χ1v) is 13.6. The van der Waals surface area contributed by atoms with Gasteiger partial charge in [-0.25, -0.2) is 0 Å². The number of aromatic nitrogens is 1. The van der Waals surface area contributed by atoms with E-state index in [2.05, 4.69) is 105 Å². The topological polar surface area (TPSA) is 31.6 Å². The first-order chi connectivity index (χ1) is 15.9. The third-order valence-corrected chi connectivity index (χ3v) is 8.07. The number of nitrogens with zero attached hydrogens (tertiary/aromatic N) is 3. The van der Waals surface area contributed by atoms with Crippen molar-refractivity contribution in [2.75, 3.05) is 37.6 Å². The first kappa shape index (κ1) is 23.6. The molecule has 33 heavy (non-hydrogen) atoms. The molecule has 0 saturated carbocycles. The van der Waals surface area contributed by atoms with Crippen molar-refractivity contribution in [2.45, 2.75) is 12.6 Å². The lowest BCUT2D eigenvalue weighted by molar-refractivity contribution is 0.0969. The van der Waals surface area contributed by atoms with E-state index >= 15 is 0 Å². The van der Waals surface area contributed by atoms with Crippen LogP contribution >= 0.6 is 59.4 Å². The molecule has 3 aromatic carbocycles. The molecular weight excluding hydrogens is 633 g/mol. The summed E-state index contributed by atoms with van der Waals surface area (Å²) in [7, 11) is 0. The zero-order valence-corrected chi connectivity index (χ0v) is 23.3. The molecule has 2 heterocycles. The molecule has 4 nitrogen and oxygen atoms in total. The molecule has 1 N–H and O–H groups in total. The van der Waals surface area contributed by atoms with E-state index in [-0.39, 0.29) is 0 Å². The van der Waals surface area contributed by atoms with Crippen LogP contribution in [-0.4, -0.2) is 53.4 Å². The van der Waals surface area contributed by atoms with Gasteiger partial charge < -0.3 is 14.6 Å². The zero-order valence-electron chi connectivity index (χ0n) is 17.8. The molecule has 1 fully saturated rings. The van der Waals surface area contributed by atoms with Gasteiger partial charge in [0.05, 0.1) is 18.2 Å². The Morgan fingerprint density at radius 1 is 0.818 bits per heavy atom. The SMILES string of the molecule is OC(CN1CCN(c2ccc(Cl)cc2)CC1)Cn1c2ccc(Br)cc2c2cc(Br)cc(Br)c21. The summed E-state index contributed by atoms with van der Waals surface area (Å²) in [4.78, 5) is 4.73. The predicted octanol–water partition coefficient (Wildman–Crippen LogP) is 6.92. The summed E-state index contributed by atoms with van der Waals surface area (Å²) in [5, 5.41) is 14.2. The van der Waals surface area contributed by atoms with Gasteiger partial charge in [-0.2, -0.15) is 0 Å². The van der Waals surface area contributed by atoms with E-state index in [9.17, 15) is 5.11 Å². The molecule has 5 rings (SSSR count). The highest BCUT2D eigenvalue weighted by Crippen LogP contribution is 2.37. The molecule has 1 atom stereocenters. The maximum Gasteiger partial charge on any atom is 0.0846 e. The van der Waals surface area contributed by atoms with Gasteiger partial charge in [-0.05, 0) is 70.5 Å². The van der Waals surface area contributed by atoms with Crippen molar-refractivity contribution < 1.29 is 5.11 Å². The summed E-state index contributed by atoms with van der Waals surface area (Å²) >= 11 is 17.0. The van der Waals surface area contributed by atoms with Crippen LogP contribution in [0.4, 0.5) is 5.69 Å². The third kappa shape index (κ3) is 5.00. The van der Waals surface area contributed by atoms with Gasteiger partial charge in [0.15, 0.2) is 0 Å². The van der Waals surface area contributed by atoms with Crippen LogP contribution in [0.1, 0.15) is 0 Å². The molecule has 0 bridgehead atoms. The van der Waals surface area contributed by atoms with Gasteiger partial charge in [0.25, 0.3) is 0 Å². The summed E-state index contributed by atoms with van der Waals surface area (Å²) < 4.78 is 5.33. The van der Waals surface area contributed by atoms with Gasteiger partial charge in [-0.1, -0.05) is 43.5 Å². The fourth-order valence-electron chi connectivity index (χ4n) is 4.72. The Morgan fingerprint density at radius 3 is 2.24 bits per heavy atom. The number of hydrogen-bond donors (Lipinski definition) is 1. The van der Waals surface area contributed by atoms with Crippen molar-refractivity contribution in [3.8, 4) is 0 Å². The molecule has 1 saturated heterocycles. The molecule has 1 unspecified atom stereocenters. The standard InChI is InChI=1S/C25H23Br3ClN3O/c26-16-1-6-24-21(11-16)22-12-17(27)13-23(28)25(22)32(24)15-20(33)14-30-7-9-31(10-8-30)19-4-2-18(29)3-5-19/h1-6,11-13,20,33H,7-10,14-15H2. The van der Waals surface area contributed by atoms with Crippen molar-refractivity contribution >= 4 is 86.9 Å². The number of piperazine rings is 1. The smallest absolute Gasteiger partial charge is 0.0846 e. The number of anilines is 1. The average molecular weight is 657 g/mol. The lowest BCUT2D eigenvalue weighted by Gasteiger charge is -2.37. The molecule has 172 valence electrons. The van der Waals surface area contributed by atoms with Crippen LogP contribution in [-0.2, 0) is 6.54 Å². The molecule has 1 aromatic heterocycles. The Hall–Kier alpha value is -1.09. The Kier molecular flexibility index (Phi) is 7.08. The van der Waals surface area contributed by atoms with Crippen LogP contribution < -0.4 is 4.90 Å². The molecule has 1 aliphatic rings. The zero-order chi connectivity index (χ0) is 23.1. The van der Waals surface area contributed by atoms with Crippen molar-refractivity contribution in [2.24, 2.45) is 0 Å². The van der Waals surface area contributed by atoms with Crippen molar-refractivity contribution in [1.29, 1.82) is 0 Å². The Balaban J connectivity index is 1.32. The molecule has 1 aliphatic heterocycles. The second kappa shape index (κ2) is 9.88. The van der Waals surface area contributed by atoms with Gasteiger partial charge in [0.2, 0.25) is 0 Å². The van der Waals surface area contributed by atoms with E-state index in [1.54, 1.807) is 0 Å². The summed E-state index contributed by atoms with van der Waals surface area (Å²) in [5.41, 5.74) is 3.43. The lowest BCUT2D eigenvalue weighted by atomic mass is 10.2. The first-order valence-electron chi connectivity index (χ1n) is 10.9. The second-order valence-electron chi connectivity index (χ2n) is 8.47. The second-order valence-corrected chi connectivity index (χ2v) is 11.6. The van der Waals surface area contributed by atoms with Gasteiger partial charge in [0.1, 0.15) is 0 Å². The summed E-state index contributed by atoms with van der Waals surface area (Å²) in [5.74, 6) is 0. The summed E-state index contributed by atoms with van der Waals surface area (Å²) in [6, 6.07) is 18.6. The van der Waals surface area contributed by atoms with E-state index < -0.39 is 6.10 Å². The Morgan fingerprint density at radius 2 is 1.52 bits per heavy atom. The fraction of sp³-hybridized carbons (Fsp3) is 0.280. The van der Waals surface area contributed by atoms with Crippen LogP contribution in [0.15, 0.2) is 68.0 Å². The monoisotopic (exact) mass is 653 g/mol. The van der Waals surface area contributed by atoms with Crippen LogP contribution in [0.5, 0.6) is 0 Å². The summed E-state index contributed by atoms with van der Waals surface area (Å²) in [6.07, 6.45) is -0.468.